The topological polar surface area (TPSA) is 52.9 Å². The van der Waals surface area contributed by atoms with E-state index in [4.69, 9.17) is 5.26 Å². The Morgan fingerprint density at radius 1 is 1.29 bits per heavy atom. The number of nitrogens with zero attached hydrogens (tertiary/aromatic N) is 1. The number of carbonyl (C=O) groups excluding carboxylic acids is 1. The molecule has 3 nitrogen and oxygen atoms in total. The molecular weight excluding hydrogens is 176 g/mol. The third-order valence-electron chi connectivity index (χ3n) is 2.53. The molecule has 0 aliphatic heterocycles. The van der Waals surface area contributed by atoms with Gasteiger partial charge in [-0.15, -0.1) is 0 Å². The molecule has 0 aromatic carbocycles. The molecule has 0 bridgehead atoms. The molecule has 0 spiro atoms. The highest BCUT2D eigenvalue weighted by Gasteiger charge is 2.16. The van der Waals surface area contributed by atoms with Crippen molar-refractivity contribution in [3.63, 3.8) is 0 Å². The van der Waals surface area contributed by atoms with Gasteiger partial charge in [-0.05, 0) is 19.3 Å². The number of hydrogen-bond donors (Lipinski definition) is 1. The van der Waals surface area contributed by atoms with Gasteiger partial charge in [-0.25, -0.2) is 0 Å². The fourth-order valence-electron chi connectivity index (χ4n) is 1.39. The number of amides is 1. The molecule has 0 fully saturated rings. The lowest BCUT2D eigenvalue weighted by atomic mass is 10.0. The summed E-state index contributed by atoms with van der Waals surface area (Å²) in [6.45, 7) is 6.01. The van der Waals surface area contributed by atoms with Gasteiger partial charge in [-0.2, -0.15) is 5.26 Å². The molecule has 80 valence electrons. The van der Waals surface area contributed by atoms with Gasteiger partial charge in [0.2, 0.25) is 5.91 Å². The Morgan fingerprint density at radius 2 is 1.86 bits per heavy atom. The SMILES string of the molecule is CCC(CC#N)NC(=O)C(CC)CC. The molecule has 1 N–H and O–H groups in total. The number of rotatable bonds is 6. The van der Waals surface area contributed by atoms with Crippen LogP contribution in [0.2, 0.25) is 0 Å². The van der Waals surface area contributed by atoms with Crippen LogP contribution < -0.4 is 5.32 Å². The highest BCUT2D eigenvalue weighted by atomic mass is 16.1. The van der Waals surface area contributed by atoms with Crippen LogP contribution in [0.3, 0.4) is 0 Å². The van der Waals surface area contributed by atoms with E-state index in [0.717, 1.165) is 19.3 Å². The van der Waals surface area contributed by atoms with Crippen LogP contribution in [0, 0.1) is 17.2 Å². The van der Waals surface area contributed by atoms with Crippen LogP contribution in [-0.4, -0.2) is 11.9 Å². The van der Waals surface area contributed by atoms with E-state index in [1.807, 2.05) is 20.8 Å². The second-order valence-electron chi connectivity index (χ2n) is 3.49. The fraction of sp³-hybridized carbons (Fsp3) is 0.818. The lowest BCUT2D eigenvalue weighted by molar-refractivity contribution is -0.125. The highest BCUT2D eigenvalue weighted by molar-refractivity contribution is 5.78. The van der Waals surface area contributed by atoms with Gasteiger partial charge >= 0.3 is 0 Å². The number of hydrogen-bond acceptors (Lipinski definition) is 2. The zero-order valence-electron chi connectivity index (χ0n) is 9.34. The lowest BCUT2D eigenvalue weighted by Crippen LogP contribution is -2.38. The molecule has 0 rings (SSSR count). The fourth-order valence-corrected chi connectivity index (χ4v) is 1.39. The van der Waals surface area contributed by atoms with Gasteiger partial charge in [0.25, 0.3) is 0 Å². The van der Waals surface area contributed by atoms with Crippen LogP contribution in [-0.2, 0) is 4.79 Å². The van der Waals surface area contributed by atoms with Crippen molar-refractivity contribution < 1.29 is 4.79 Å². The van der Waals surface area contributed by atoms with Gasteiger partial charge in [-0.3, -0.25) is 4.79 Å². The summed E-state index contributed by atoms with van der Waals surface area (Å²) in [5, 5.41) is 11.4. The molecule has 0 aromatic rings. The number of nitrogens with one attached hydrogen (secondary N) is 1. The van der Waals surface area contributed by atoms with E-state index >= 15 is 0 Å². The van der Waals surface area contributed by atoms with Crippen LogP contribution in [0.1, 0.15) is 46.5 Å². The second-order valence-corrected chi connectivity index (χ2v) is 3.49. The third kappa shape index (κ3) is 4.27. The van der Waals surface area contributed by atoms with E-state index in [0.29, 0.717) is 6.42 Å². The maximum atomic E-state index is 11.6. The monoisotopic (exact) mass is 196 g/mol. The van der Waals surface area contributed by atoms with Gasteiger partial charge < -0.3 is 5.32 Å². The van der Waals surface area contributed by atoms with Crippen LogP contribution in [0.15, 0.2) is 0 Å². The Morgan fingerprint density at radius 3 is 2.21 bits per heavy atom. The summed E-state index contributed by atoms with van der Waals surface area (Å²) in [6.07, 6.45) is 2.96. The Hall–Kier alpha value is -1.04. The molecule has 1 atom stereocenters. The standard InChI is InChI=1S/C11H20N2O/c1-4-9(5-2)11(14)13-10(6-3)7-8-12/h9-10H,4-7H2,1-3H3,(H,13,14). The minimum absolute atomic E-state index is 0.0214. The lowest BCUT2D eigenvalue weighted by Gasteiger charge is -2.18. The smallest absolute Gasteiger partial charge is 0.223 e. The molecule has 1 amide bonds. The molecule has 0 saturated heterocycles. The second kappa shape index (κ2) is 7.37. The Kier molecular flexibility index (Phi) is 6.82. The number of nitriles is 1. The number of carbonyl (C=O) groups is 1. The molecule has 0 saturated carbocycles. The van der Waals surface area contributed by atoms with E-state index in [-0.39, 0.29) is 17.9 Å². The van der Waals surface area contributed by atoms with E-state index in [2.05, 4.69) is 11.4 Å². The first-order chi connectivity index (χ1) is 6.69. The first kappa shape index (κ1) is 13.0. The van der Waals surface area contributed by atoms with Crippen molar-refractivity contribution in [2.45, 2.75) is 52.5 Å². The van der Waals surface area contributed by atoms with Gasteiger partial charge in [0.05, 0.1) is 12.5 Å². The van der Waals surface area contributed by atoms with Crippen molar-refractivity contribution >= 4 is 5.91 Å². The first-order valence-corrected chi connectivity index (χ1v) is 5.36. The summed E-state index contributed by atoms with van der Waals surface area (Å²) < 4.78 is 0. The van der Waals surface area contributed by atoms with Crippen LogP contribution in [0.5, 0.6) is 0 Å². The molecule has 0 aliphatic rings. The van der Waals surface area contributed by atoms with Crippen LogP contribution >= 0.6 is 0 Å². The molecule has 0 heterocycles. The molecule has 1 unspecified atom stereocenters. The zero-order valence-corrected chi connectivity index (χ0v) is 9.34. The third-order valence-corrected chi connectivity index (χ3v) is 2.53. The molecule has 0 radical (unpaired) electrons. The van der Waals surface area contributed by atoms with Crippen molar-refractivity contribution in [2.24, 2.45) is 5.92 Å². The predicted molar refractivity (Wildman–Crippen MR) is 56.5 cm³/mol. The predicted octanol–water partition coefficient (Wildman–Crippen LogP) is 2.23. The normalized spacial score (nSPS) is 12.2. The Bertz CT molecular complexity index is 204. The molecular formula is C11H20N2O. The van der Waals surface area contributed by atoms with Crippen LogP contribution in [0.4, 0.5) is 0 Å². The summed E-state index contributed by atoms with van der Waals surface area (Å²) in [4.78, 5) is 11.6. The van der Waals surface area contributed by atoms with Gasteiger partial charge in [0.15, 0.2) is 0 Å². The van der Waals surface area contributed by atoms with Crippen LogP contribution in [0.25, 0.3) is 0 Å². The minimum atomic E-state index is 0.0214. The average Bonchev–Trinajstić information content (AvgIpc) is 2.19. The summed E-state index contributed by atoms with van der Waals surface area (Å²) >= 11 is 0. The maximum absolute atomic E-state index is 11.6. The molecule has 3 heteroatoms. The van der Waals surface area contributed by atoms with E-state index in [9.17, 15) is 4.79 Å². The Balaban J connectivity index is 4.07. The van der Waals surface area contributed by atoms with Crippen molar-refractivity contribution in [3.8, 4) is 6.07 Å². The van der Waals surface area contributed by atoms with Crippen molar-refractivity contribution in [1.29, 1.82) is 5.26 Å². The van der Waals surface area contributed by atoms with Crippen molar-refractivity contribution in [1.82, 2.24) is 5.32 Å². The van der Waals surface area contributed by atoms with E-state index in [1.54, 1.807) is 0 Å². The van der Waals surface area contributed by atoms with Gasteiger partial charge in [0.1, 0.15) is 0 Å². The van der Waals surface area contributed by atoms with Crippen molar-refractivity contribution in [3.05, 3.63) is 0 Å². The summed E-state index contributed by atoms with van der Waals surface area (Å²) in [5.74, 6) is 0.194. The molecule has 0 aliphatic carbocycles. The van der Waals surface area contributed by atoms with E-state index < -0.39 is 0 Å². The van der Waals surface area contributed by atoms with Crippen molar-refractivity contribution in [2.75, 3.05) is 0 Å². The van der Waals surface area contributed by atoms with Gasteiger partial charge in [0, 0.05) is 12.0 Å². The summed E-state index contributed by atoms with van der Waals surface area (Å²) in [5.41, 5.74) is 0. The summed E-state index contributed by atoms with van der Waals surface area (Å²) in [6, 6.07) is 2.11. The van der Waals surface area contributed by atoms with E-state index in [1.165, 1.54) is 0 Å². The molecule has 0 aromatic heterocycles. The van der Waals surface area contributed by atoms with Gasteiger partial charge in [-0.1, -0.05) is 20.8 Å². The summed E-state index contributed by atoms with van der Waals surface area (Å²) in [7, 11) is 0. The largest absolute Gasteiger partial charge is 0.352 e. The average molecular weight is 196 g/mol. The Labute approximate surface area is 86.5 Å². The molecule has 14 heavy (non-hydrogen) atoms. The zero-order chi connectivity index (χ0) is 11.0. The quantitative estimate of drug-likeness (QED) is 0.708. The minimum Gasteiger partial charge on any atom is -0.352 e. The maximum Gasteiger partial charge on any atom is 0.223 e. The first-order valence-electron chi connectivity index (χ1n) is 5.36. The highest BCUT2D eigenvalue weighted by Crippen LogP contribution is 2.08.